The number of rotatable bonds is 2. The maximum Gasteiger partial charge on any atom is 0.329 e. The van der Waals surface area contributed by atoms with Crippen LogP contribution in [0.4, 0.5) is 0 Å². The first-order valence-corrected chi connectivity index (χ1v) is 6.37. The molecule has 1 N–H and O–H groups in total. The molecule has 4 nitrogen and oxygen atoms in total. The van der Waals surface area contributed by atoms with E-state index in [0.29, 0.717) is 0 Å². The van der Waals surface area contributed by atoms with Gasteiger partial charge in [-0.15, -0.1) is 0 Å². The average Bonchev–Trinajstić information content (AvgIpc) is 2.68. The van der Waals surface area contributed by atoms with E-state index in [9.17, 15) is 9.90 Å². The van der Waals surface area contributed by atoms with E-state index < -0.39 is 11.5 Å². The maximum absolute atomic E-state index is 11.6. The van der Waals surface area contributed by atoms with E-state index in [-0.39, 0.29) is 5.41 Å². The van der Waals surface area contributed by atoms with Crippen LogP contribution in [0.25, 0.3) is 11.0 Å². The van der Waals surface area contributed by atoms with Crippen molar-refractivity contribution in [1.29, 1.82) is 0 Å². The molecule has 0 saturated carbocycles. The van der Waals surface area contributed by atoms with Gasteiger partial charge in [0, 0.05) is 5.41 Å². The zero-order valence-electron chi connectivity index (χ0n) is 12.1. The molecule has 0 atom stereocenters. The van der Waals surface area contributed by atoms with Gasteiger partial charge in [-0.3, -0.25) is 0 Å². The lowest BCUT2D eigenvalue weighted by atomic mass is 9.93. The standard InChI is InChI=1S/C15H20N2O2/c1-14(2,3)12-16-10-8-6-7-9-11(10)17(12)15(4,5)13(18)19/h6-9H,1-5H3,(H,18,19). The molecule has 1 aromatic carbocycles. The van der Waals surface area contributed by atoms with Gasteiger partial charge in [-0.05, 0) is 26.0 Å². The van der Waals surface area contributed by atoms with Gasteiger partial charge in [0.25, 0.3) is 0 Å². The van der Waals surface area contributed by atoms with Gasteiger partial charge < -0.3 is 9.67 Å². The molecule has 19 heavy (non-hydrogen) atoms. The van der Waals surface area contributed by atoms with Crippen LogP contribution in [0.5, 0.6) is 0 Å². The Labute approximate surface area is 113 Å². The van der Waals surface area contributed by atoms with Crippen LogP contribution in [-0.2, 0) is 15.7 Å². The number of carbonyl (C=O) groups is 1. The Morgan fingerprint density at radius 1 is 1.16 bits per heavy atom. The predicted octanol–water partition coefficient (Wildman–Crippen LogP) is 3.15. The fourth-order valence-electron chi connectivity index (χ4n) is 2.19. The Kier molecular flexibility index (Phi) is 2.92. The molecular weight excluding hydrogens is 240 g/mol. The van der Waals surface area contributed by atoms with Gasteiger partial charge in [-0.2, -0.15) is 0 Å². The summed E-state index contributed by atoms with van der Waals surface area (Å²) < 4.78 is 1.84. The molecule has 0 saturated heterocycles. The first-order chi connectivity index (χ1) is 8.65. The normalized spacial score (nSPS) is 12.9. The molecule has 1 aromatic heterocycles. The number of carboxylic acid groups (broad SMARTS) is 1. The van der Waals surface area contributed by atoms with Gasteiger partial charge in [0.15, 0.2) is 0 Å². The highest BCUT2D eigenvalue weighted by Crippen LogP contribution is 2.32. The van der Waals surface area contributed by atoms with E-state index in [1.54, 1.807) is 13.8 Å². The van der Waals surface area contributed by atoms with E-state index in [0.717, 1.165) is 16.9 Å². The van der Waals surface area contributed by atoms with Crippen molar-refractivity contribution in [2.24, 2.45) is 0 Å². The van der Waals surface area contributed by atoms with Crippen molar-refractivity contribution in [3.05, 3.63) is 30.1 Å². The molecule has 0 fully saturated rings. The Morgan fingerprint density at radius 2 is 1.74 bits per heavy atom. The third-order valence-electron chi connectivity index (χ3n) is 3.31. The number of para-hydroxylation sites is 2. The largest absolute Gasteiger partial charge is 0.480 e. The highest BCUT2D eigenvalue weighted by Gasteiger charge is 2.36. The molecule has 0 unspecified atom stereocenters. The summed E-state index contributed by atoms with van der Waals surface area (Å²) in [6.07, 6.45) is 0. The summed E-state index contributed by atoms with van der Waals surface area (Å²) in [5.74, 6) is -0.0674. The van der Waals surface area contributed by atoms with Crippen LogP contribution < -0.4 is 0 Å². The van der Waals surface area contributed by atoms with Crippen molar-refractivity contribution >= 4 is 17.0 Å². The third kappa shape index (κ3) is 2.11. The van der Waals surface area contributed by atoms with Crippen LogP contribution >= 0.6 is 0 Å². The molecule has 0 spiro atoms. The fourth-order valence-corrected chi connectivity index (χ4v) is 2.19. The van der Waals surface area contributed by atoms with Crippen molar-refractivity contribution in [2.75, 3.05) is 0 Å². The molecule has 0 radical (unpaired) electrons. The molecule has 0 aliphatic carbocycles. The summed E-state index contributed by atoms with van der Waals surface area (Å²) in [5.41, 5.74) is 0.450. The number of benzene rings is 1. The highest BCUT2D eigenvalue weighted by atomic mass is 16.4. The Balaban J connectivity index is 2.87. The zero-order valence-corrected chi connectivity index (χ0v) is 12.1. The molecule has 0 aliphatic rings. The average molecular weight is 260 g/mol. The van der Waals surface area contributed by atoms with Gasteiger partial charge in [0.05, 0.1) is 11.0 Å². The molecule has 0 bridgehead atoms. The summed E-state index contributed by atoms with van der Waals surface area (Å²) in [4.78, 5) is 16.2. The monoisotopic (exact) mass is 260 g/mol. The quantitative estimate of drug-likeness (QED) is 0.902. The molecule has 102 valence electrons. The van der Waals surface area contributed by atoms with Gasteiger partial charge in [-0.25, -0.2) is 9.78 Å². The van der Waals surface area contributed by atoms with E-state index in [1.807, 2.05) is 49.6 Å². The number of aromatic nitrogens is 2. The number of nitrogens with zero attached hydrogens (tertiary/aromatic N) is 2. The molecule has 0 amide bonds. The molecular formula is C15H20N2O2. The van der Waals surface area contributed by atoms with E-state index in [4.69, 9.17) is 0 Å². The number of imidazole rings is 1. The van der Waals surface area contributed by atoms with Crippen LogP contribution in [0.3, 0.4) is 0 Å². The minimum Gasteiger partial charge on any atom is -0.480 e. The van der Waals surface area contributed by atoms with Gasteiger partial charge in [-0.1, -0.05) is 32.9 Å². The smallest absolute Gasteiger partial charge is 0.329 e. The summed E-state index contributed by atoms with van der Waals surface area (Å²) in [6, 6.07) is 7.66. The lowest BCUT2D eigenvalue weighted by molar-refractivity contribution is -0.145. The minimum absolute atomic E-state index is 0.217. The third-order valence-corrected chi connectivity index (χ3v) is 3.31. The number of carboxylic acids is 1. The minimum atomic E-state index is -1.03. The Bertz CT molecular complexity index is 633. The summed E-state index contributed by atoms with van der Waals surface area (Å²) in [7, 11) is 0. The number of hydrogen-bond donors (Lipinski definition) is 1. The van der Waals surface area contributed by atoms with Gasteiger partial charge in [0.2, 0.25) is 0 Å². The predicted molar refractivity (Wildman–Crippen MR) is 75.4 cm³/mol. The molecule has 0 aliphatic heterocycles. The first kappa shape index (κ1) is 13.6. The number of fused-ring (bicyclic) bond motifs is 1. The van der Waals surface area contributed by atoms with Crippen molar-refractivity contribution in [3.8, 4) is 0 Å². The highest BCUT2D eigenvalue weighted by molar-refractivity contribution is 5.82. The summed E-state index contributed by atoms with van der Waals surface area (Å²) >= 11 is 0. The lowest BCUT2D eigenvalue weighted by Gasteiger charge is -2.29. The Morgan fingerprint density at radius 3 is 2.26 bits per heavy atom. The van der Waals surface area contributed by atoms with Crippen LogP contribution in [0, 0.1) is 0 Å². The number of hydrogen-bond acceptors (Lipinski definition) is 2. The van der Waals surface area contributed by atoms with Crippen molar-refractivity contribution in [1.82, 2.24) is 9.55 Å². The fraction of sp³-hybridized carbons (Fsp3) is 0.467. The molecule has 4 heteroatoms. The maximum atomic E-state index is 11.6. The van der Waals surface area contributed by atoms with Gasteiger partial charge in [0.1, 0.15) is 11.4 Å². The second-order valence-electron chi connectivity index (χ2n) is 6.37. The van der Waals surface area contributed by atoms with Crippen molar-refractivity contribution < 1.29 is 9.90 Å². The summed E-state index contributed by atoms with van der Waals surface area (Å²) in [6.45, 7) is 9.55. The van der Waals surface area contributed by atoms with E-state index in [2.05, 4.69) is 4.98 Å². The zero-order chi connectivity index (χ0) is 14.4. The Hall–Kier alpha value is -1.84. The molecule has 2 aromatic rings. The van der Waals surface area contributed by atoms with Crippen molar-refractivity contribution in [2.45, 2.75) is 45.6 Å². The summed E-state index contributed by atoms with van der Waals surface area (Å²) in [5, 5.41) is 9.51. The van der Waals surface area contributed by atoms with Gasteiger partial charge >= 0.3 is 5.97 Å². The molecule has 2 rings (SSSR count). The number of aliphatic carboxylic acids is 1. The van der Waals surface area contributed by atoms with E-state index in [1.165, 1.54) is 0 Å². The van der Waals surface area contributed by atoms with Crippen molar-refractivity contribution in [3.63, 3.8) is 0 Å². The SMILES string of the molecule is CC(C)(C)c1nc2ccccc2n1C(C)(C)C(=O)O. The lowest BCUT2D eigenvalue weighted by Crippen LogP contribution is -2.39. The molecule has 1 heterocycles. The van der Waals surface area contributed by atoms with Crippen LogP contribution in [0.2, 0.25) is 0 Å². The topological polar surface area (TPSA) is 55.1 Å². The van der Waals surface area contributed by atoms with E-state index >= 15 is 0 Å². The van der Waals surface area contributed by atoms with Crippen LogP contribution in [-0.4, -0.2) is 20.6 Å². The second-order valence-corrected chi connectivity index (χ2v) is 6.37. The van der Waals surface area contributed by atoms with Crippen LogP contribution in [0.15, 0.2) is 24.3 Å². The second kappa shape index (κ2) is 4.08. The van der Waals surface area contributed by atoms with Crippen LogP contribution in [0.1, 0.15) is 40.4 Å². The first-order valence-electron chi connectivity index (χ1n) is 6.37.